The summed E-state index contributed by atoms with van der Waals surface area (Å²) in [7, 11) is 0. The van der Waals surface area contributed by atoms with Crippen molar-refractivity contribution in [2.75, 3.05) is 32.7 Å². The van der Waals surface area contributed by atoms with Crippen LogP contribution in [0.1, 0.15) is 53.4 Å². The first-order chi connectivity index (χ1) is 10.7. The van der Waals surface area contributed by atoms with E-state index in [0.717, 1.165) is 52.0 Å². The van der Waals surface area contributed by atoms with Gasteiger partial charge in [0.05, 0.1) is 6.10 Å². The van der Waals surface area contributed by atoms with Gasteiger partial charge in [-0.1, -0.05) is 0 Å². The molecule has 0 saturated carbocycles. The number of likely N-dealkylation sites (tertiary alicyclic amines) is 2. The second-order valence-corrected chi connectivity index (χ2v) is 8.31. The summed E-state index contributed by atoms with van der Waals surface area (Å²) in [5, 5.41) is 9.80. The van der Waals surface area contributed by atoms with E-state index >= 15 is 0 Å². The Bertz CT molecular complexity index is 384. The van der Waals surface area contributed by atoms with Crippen molar-refractivity contribution < 1.29 is 14.6 Å². The zero-order chi connectivity index (χ0) is 17.0. The molecule has 0 radical (unpaired) electrons. The van der Waals surface area contributed by atoms with Crippen molar-refractivity contribution in [3.8, 4) is 0 Å². The summed E-state index contributed by atoms with van der Waals surface area (Å²) >= 11 is 0. The monoisotopic (exact) mass is 326 g/mol. The number of carbonyl (C=O) groups is 1. The third-order valence-electron chi connectivity index (χ3n) is 5.01. The SMILES string of the molecule is CC(O)C1CCCN(CC2CCN(C(=O)OC(C)(C)C)CC2)C1. The molecule has 2 rings (SSSR count). The number of nitrogens with zero attached hydrogens (tertiary/aromatic N) is 2. The minimum atomic E-state index is -0.419. The lowest BCUT2D eigenvalue weighted by Crippen LogP contribution is -2.46. The number of aliphatic hydroxyl groups is 1. The molecule has 2 aliphatic heterocycles. The van der Waals surface area contributed by atoms with E-state index in [2.05, 4.69) is 4.90 Å². The number of aliphatic hydroxyl groups excluding tert-OH is 1. The second-order valence-electron chi connectivity index (χ2n) is 8.31. The van der Waals surface area contributed by atoms with Crippen LogP contribution >= 0.6 is 0 Å². The van der Waals surface area contributed by atoms with Crippen LogP contribution in [0.25, 0.3) is 0 Å². The van der Waals surface area contributed by atoms with Gasteiger partial charge in [-0.3, -0.25) is 0 Å². The summed E-state index contributed by atoms with van der Waals surface area (Å²) in [4.78, 5) is 16.4. The van der Waals surface area contributed by atoms with Crippen LogP contribution in [0.2, 0.25) is 0 Å². The van der Waals surface area contributed by atoms with Crippen LogP contribution in [0.3, 0.4) is 0 Å². The van der Waals surface area contributed by atoms with Gasteiger partial charge in [-0.2, -0.15) is 0 Å². The van der Waals surface area contributed by atoms with Crippen LogP contribution < -0.4 is 0 Å². The molecule has 0 aromatic heterocycles. The molecule has 2 saturated heterocycles. The molecule has 134 valence electrons. The molecular formula is C18H34N2O3. The summed E-state index contributed by atoms with van der Waals surface area (Å²) in [6.07, 6.45) is 4.05. The van der Waals surface area contributed by atoms with Gasteiger partial charge in [-0.15, -0.1) is 0 Å². The lowest BCUT2D eigenvalue weighted by molar-refractivity contribution is 0.0141. The van der Waals surface area contributed by atoms with Gasteiger partial charge in [0.2, 0.25) is 0 Å². The number of amides is 1. The Morgan fingerprint density at radius 3 is 2.43 bits per heavy atom. The smallest absolute Gasteiger partial charge is 0.410 e. The van der Waals surface area contributed by atoms with Crippen molar-refractivity contribution >= 4 is 6.09 Å². The van der Waals surface area contributed by atoms with Crippen LogP contribution in [-0.4, -0.2) is 65.4 Å². The number of ether oxygens (including phenoxy) is 1. The van der Waals surface area contributed by atoms with Crippen LogP contribution in [0.5, 0.6) is 0 Å². The average molecular weight is 326 g/mol. The molecular weight excluding hydrogens is 292 g/mol. The lowest BCUT2D eigenvalue weighted by atomic mass is 9.91. The predicted octanol–water partition coefficient (Wildman–Crippen LogP) is 2.73. The Kier molecular flexibility index (Phi) is 6.32. The molecule has 0 aliphatic carbocycles. The van der Waals surface area contributed by atoms with Crippen molar-refractivity contribution in [2.24, 2.45) is 11.8 Å². The first kappa shape index (κ1) is 18.5. The van der Waals surface area contributed by atoms with Gasteiger partial charge >= 0.3 is 6.09 Å². The van der Waals surface area contributed by atoms with Crippen molar-refractivity contribution in [2.45, 2.75) is 65.1 Å². The van der Waals surface area contributed by atoms with Gasteiger partial charge in [-0.05, 0) is 71.8 Å². The summed E-state index contributed by atoms with van der Waals surface area (Å²) in [5.41, 5.74) is -0.419. The Morgan fingerprint density at radius 2 is 1.87 bits per heavy atom. The fourth-order valence-corrected chi connectivity index (χ4v) is 3.64. The fraction of sp³-hybridized carbons (Fsp3) is 0.944. The minimum Gasteiger partial charge on any atom is -0.444 e. The quantitative estimate of drug-likeness (QED) is 0.866. The molecule has 1 amide bonds. The van der Waals surface area contributed by atoms with E-state index in [4.69, 9.17) is 4.74 Å². The topological polar surface area (TPSA) is 53.0 Å². The molecule has 2 unspecified atom stereocenters. The number of hydrogen-bond acceptors (Lipinski definition) is 4. The maximum absolute atomic E-state index is 12.1. The fourth-order valence-electron chi connectivity index (χ4n) is 3.64. The Hall–Kier alpha value is -0.810. The van der Waals surface area contributed by atoms with Gasteiger partial charge in [0.15, 0.2) is 0 Å². The molecule has 1 N–H and O–H groups in total. The summed E-state index contributed by atoms with van der Waals surface area (Å²) in [6.45, 7) is 12.5. The van der Waals surface area contributed by atoms with Crippen molar-refractivity contribution in [1.29, 1.82) is 0 Å². The largest absolute Gasteiger partial charge is 0.444 e. The van der Waals surface area contributed by atoms with E-state index < -0.39 is 5.60 Å². The van der Waals surface area contributed by atoms with E-state index in [1.807, 2.05) is 32.6 Å². The first-order valence-electron chi connectivity index (χ1n) is 9.13. The highest BCUT2D eigenvalue weighted by molar-refractivity contribution is 5.68. The molecule has 2 fully saturated rings. The number of hydrogen-bond donors (Lipinski definition) is 1. The standard InChI is InChI=1S/C18H34N2O3/c1-14(21)16-6-5-9-19(13-16)12-15-7-10-20(11-8-15)17(22)23-18(2,3)4/h14-16,21H,5-13H2,1-4H3. The maximum atomic E-state index is 12.1. The van der Waals surface area contributed by atoms with Crippen LogP contribution in [0, 0.1) is 11.8 Å². The molecule has 2 atom stereocenters. The number of rotatable bonds is 3. The van der Waals surface area contributed by atoms with E-state index in [0.29, 0.717) is 11.8 Å². The molecule has 5 heteroatoms. The summed E-state index contributed by atoms with van der Waals surface area (Å²) < 4.78 is 5.45. The van der Waals surface area contributed by atoms with Crippen molar-refractivity contribution in [3.05, 3.63) is 0 Å². The van der Waals surface area contributed by atoms with E-state index in [1.165, 1.54) is 6.42 Å². The molecule has 0 spiro atoms. The summed E-state index contributed by atoms with van der Waals surface area (Å²) in [5.74, 6) is 1.08. The molecule has 0 aromatic carbocycles. The second kappa shape index (κ2) is 7.84. The third kappa shape index (κ3) is 5.96. The number of piperidine rings is 2. The minimum absolute atomic E-state index is 0.178. The zero-order valence-electron chi connectivity index (χ0n) is 15.3. The third-order valence-corrected chi connectivity index (χ3v) is 5.01. The van der Waals surface area contributed by atoms with Gasteiger partial charge in [-0.25, -0.2) is 4.79 Å². The molecule has 2 aliphatic rings. The number of carbonyl (C=O) groups excluding carboxylic acids is 1. The first-order valence-corrected chi connectivity index (χ1v) is 9.13. The average Bonchev–Trinajstić information content (AvgIpc) is 2.46. The normalized spacial score (nSPS) is 26.1. The highest BCUT2D eigenvalue weighted by Crippen LogP contribution is 2.24. The van der Waals surface area contributed by atoms with Gasteiger partial charge in [0, 0.05) is 26.2 Å². The maximum Gasteiger partial charge on any atom is 0.410 e. The van der Waals surface area contributed by atoms with Gasteiger partial charge < -0.3 is 19.6 Å². The Morgan fingerprint density at radius 1 is 1.22 bits per heavy atom. The molecule has 2 heterocycles. The highest BCUT2D eigenvalue weighted by Gasteiger charge is 2.29. The highest BCUT2D eigenvalue weighted by atomic mass is 16.6. The van der Waals surface area contributed by atoms with E-state index in [-0.39, 0.29) is 12.2 Å². The van der Waals surface area contributed by atoms with Crippen molar-refractivity contribution in [3.63, 3.8) is 0 Å². The van der Waals surface area contributed by atoms with Gasteiger partial charge in [0.25, 0.3) is 0 Å². The molecule has 0 bridgehead atoms. The van der Waals surface area contributed by atoms with Crippen LogP contribution in [-0.2, 0) is 4.74 Å². The molecule has 23 heavy (non-hydrogen) atoms. The molecule has 0 aromatic rings. The van der Waals surface area contributed by atoms with Crippen LogP contribution in [0.15, 0.2) is 0 Å². The van der Waals surface area contributed by atoms with Crippen molar-refractivity contribution in [1.82, 2.24) is 9.80 Å². The van der Waals surface area contributed by atoms with Crippen LogP contribution in [0.4, 0.5) is 4.79 Å². The van der Waals surface area contributed by atoms with E-state index in [9.17, 15) is 9.90 Å². The summed E-state index contributed by atoms with van der Waals surface area (Å²) in [6, 6.07) is 0. The Balaban J connectivity index is 1.73. The van der Waals surface area contributed by atoms with Gasteiger partial charge in [0.1, 0.15) is 5.60 Å². The van der Waals surface area contributed by atoms with E-state index in [1.54, 1.807) is 0 Å². The predicted molar refractivity (Wildman–Crippen MR) is 91.4 cm³/mol. The molecule has 5 nitrogen and oxygen atoms in total. The lowest BCUT2D eigenvalue weighted by Gasteiger charge is -2.39. The Labute approximate surface area is 141 Å². The zero-order valence-corrected chi connectivity index (χ0v) is 15.3.